The number of aromatic nitrogens is 2. The Labute approximate surface area is 120 Å². The monoisotopic (exact) mass is 301 g/mol. The molecular weight excluding hydrogens is 286 g/mol. The molecule has 1 atom stereocenters. The lowest BCUT2D eigenvalue weighted by Gasteiger charge is -2.17. The normalized spacial score (nSPS) is 13.2. The van der Waals surface area contributed by atoms with Crippen LogP contribution in [0.2, 0.25) is 5.02 Å². The van der Waals surface area contributed by atoms with Crippen molar-refractivity contribution >= 4 is 34.5 Å². The molecule has 0 radical (unpaired) electrons. The Morgan fingerprint density at radius 1 is 1.39 bits per heavy atom. The van der Waals surface area contributed by atoms with Crippen LogP contribution in [-0.2, 0) is 0 Å². The zero-order chi connectivity index (χ0) is 13.1. The molecule has 3 nitrogen and oxygen atoms in total. The first-order chi connectivity index (χ1) is 8.65. The van der Waals surface area contributed by atoms with E-state index in [1.165, 1.54) is 16.4 Å². The summed E-state index contributed by atoms with van der Waals surface area (Å²) in [6.45, 7) is 7.25. The summed E-state index contributed by atoms with van der Waals surface area (Å²) in [5, 5.41) is 10.6. The van der Waals surface area contributed by atoms with E-state index in [1.807, 2.05) is 11.4 Å². The maximum absolute atomic E-state index is 6.25. The zero-order valence-electron chi connectivity index (χ0n) is 10.6. The van der Waals surface area contributed by atoms with Gasteiger partial charge in [0.25, 0.3) is 0 Å². The summed E-state index contributed by atoms with van der Waals surface area (Å²) >= 11 is 9.38. The largest absolute Gasteiger partial charge is 0.305 e. The maximum atomic E-state index is 6.25. The van der Waals surface area contributed by atoms with Gasteiger partial charge in [0.2, 0.25) is 0 Å². The van der Waals surface area contributed by atoms with Gasteiger partial charge in [-0.25, -0.2) is 0 Å². The van der Waals surface area contributed by atoms with E-state index in [0.29, 0.717) is 5.92 Å². The lowest BCUT2D eigenvalue weighted by Crippen LogP contribution is -2.21. The first kappa shape index (κ1) is 13.9. The van der Waals surface area contributed by atoms with Crippen LogP contribution >= 0.6 is 34.5 Å². The van der Waals surface area contributed by atoms with Gasteiger partial charge in [0, 0.05) is 4.88 Å². The molecule has 0 saturated heterocycles. The minimum Gasteiger partial charge on any atom is -0.305 e. The number of nitrogens with one attached hydrogen (secondary N) is 1. The van der Waals surface area contributed by atoms with Crippen molar-refractivity contribution in [2.24, 2.45) is 0 Å². The van der Waals surface area contributed by atoms with Gasteiger partial charge in [0.1, 0.15) is 0 Å². The molecule has 2 aromatic heterocycles. The van der Waals surface area contributed by atoms with Crippen LogP contribution in [0.3, 0.4) is 0 Å². The third-order valence-corrected chi connectivity index (χ3v) is 4.89. The first-order valence-electron chi connectivity index (χ1n) is 5.93. The van der Waals surface area contributed by atoms with E-state index in [-0.39, 0.29) is 6.04 Å². The molecule has 2 aromatic rings. The molecule has 18 heavy (non-hydrogen) atoms. The minimum atomic E-state index is 0.111. The molecular formula is C12H16ClN3S2. The second kappa shape index (κ2) is 6.10. The Bertz CT molecular complexity index is 507. The number of hydrogen-bond acceptors (Lipinski definition) is 5. The topological polar surface area (TPSA) is 37.8 Å². The average molecular weight is 302 g/mol. The molecule has 0 fully saturated rings. The van der Waals surface area contributed by atoms with Crippen molar-refractivity contribution in [1.29, 1.82) is 0 Å². The molecule has 1 N–H and O–H groups in total. The number of rotatable bonds is 5. The number of hydrogen-bond donors (Lipinski definition) is 1. The molecule has 0 spiro atoms. The fraction of sp³-hybridized carbons (Fsp3) is 0.500. The third-order valence-electron chi connectivity index (χ3n) is 2.66. The van der Waals surface area contributed by atoms with Crippen LogP contribution in [0.25, 0.3) is 0 Å². The highest BCUT2D eigenvalue weighted by Crippen LogP contribution is 2.36. The van der Waals surface area contributed by atoms with Crippen LogP contribution in [0.5, 0.6) is 0 Å². The highest BCUT2D eigenvalue weighted by atomic mass is 35.5. The van der Waals surface area contributed by atoms with Gasteiger partial charge in [0.15, 0.2) is 0 Å². The summed E-state index contributed by atoms with van der Waals surface area (Å²) < 4.78 is 4.10. The summed E-state index contributed by atoms with van der Waals surface area (Å²) in [6, 6.07) is 2.05. The summed E-state index contributed by atoms with van der Waals surface area (Å²) in [4.78, 5) is 2.32. The molecule has 6 heteroatoms. The predicted octanol–water partition coefficient (Wildman–Crippen LogP) is 4.08. The predicted molar refractivity (Wildman–Crippen MR) is 78.8 cm³/mol. The van der Waals surface area contributed by atoms with Gasteiger partial charge in [-0.05, 0) is 35.4 Å². The third kappa shape index (κ3) is 2.74. The Hall–Kier alpha value is -0.490. The van der Waals surface area contributed by atoms with Crippen molar-refractivity contribution < 1.29 is 0 Å². The lowest BCUT2D eigenvalue weighted by atomic mass is 10.1. The van der Waals surface area contributed by atoms with E-state index in [4.69, 9.17) is 11.6 Å². The van der Waals surface area contributed by atoms with E-state index in [0.717, 1.165) is 22.1 Å². The number of thiophene rings is 1. The standard InChI is InChI=1S/C12H16ClN3S2/c1-4-14-10(11-8(13)5-6-17-11)12-9(7(2)3)15-16-18-12/h5-7,10,14H,4H2,1-3H3. The van der Waals surface area contributed by atoms with Crippen LogP contribution in [0.4, 0.5) is 0 Å². The molecule has 98 valence electrons. The van der Waals surface area contributed by atoms with Crippen molar-refractivity contribution in [1.82, 2.24) is 14.9 Å². The molecule has 0 saturated carbocycles. The molecule has 0 aliphatic heterocycles. The van der Waals surface area contributed by atoms with Gasteiger partial charge in [0.05, 0.1) is 21.6 Å². The molecule has 0 aliphatic rings. The van der Waals surface area contributed by atoms with Crippen LogP contribution in [-0.4, -0.2) is 16.1 Å². The van der Waals surface area contributed by atoms with E-state index in [9.17, 15) is 0 Å². The van der Waals surface area contributed by atoms with Crippen molar-refractivity contribution in [2.45, 2.75) is 32.7 Å². The van der Waals surface area contributed by atoms with E-state index in [1.54, 1.807) is 11.3 Å². The molecule has 0 aromatic carbocycles. The van der Waals surface area contributed by atoms with Crippen molar-refractivity contribution in [2.75, 3.05) is 6.54 Å². The summed E-state index contributed by atoms with van der Waals surface area (Å²) in [5.74, 6) is 0.374. The van der Waals surface area contributed by atoms with Crippen LogP contribution in [0.15, 0.2) is 11.4 Å². The number of halogens is 1. The lowest BCUT2D eigenvalue weighted by molar-refractivity contribution is 0.634. The van der Waals surface area contributed by atoms with E-state index in [2.05, 4.69) is 35.7 Å². The highest BCUT2D eigenvalue weighted by Gasteiger charge is 2.24. The molecule has 1 unspecified atom stereocenters. The first-order valence-corrected chi connectivity index (χ1v) is 7.96. The minimum absolute atomic E-state index is 0.111. The van der Waals surface area contributed by atoms with Crippen molar-refractivity contribution in [3.63, 3.8) is 0 Å². The smallest absolute Gasteiger partial charge is 0.0832 e. The van der Waals surface area contributed by atoms with Gasteiger partial charge >= 0.3 is 0 Å². The fourth-order valence-electron chi connectivity index (χ4n) is 1.83. The van der Waals surface area contributed by atoms with Crippen molar-refractivity contribution in [3.8, 4) is 0 Å². The molecule has 0 amide bonds. The van der Waals surface area contributed by atoms with E-state index >= 15 is 0 Å². The Balaban J connectivity index is 2.42. The molecule has 2 rings (SSSR count). The summed E-state index contributed by atoms with van der Waals surface area (Å²) in [6.07, 6.45) is 0. The molecule has 2 heterocycles. The summed E-state index contributed by atoms with van der Waals surface area (Å²) in [5.41, 5.74) is 1.07. The van der Waals surface area contributed by atoms with Crippen LogP contribution < -0.4 is 5.32 Å². The Morgan fingerprint density at radius 3 is 2.72 bits per heavy atom. The number of nitrogens with zero attached hydrogens (tertiary/aromatic N) is 2. The van der Waals surface area contributed by atoms with Crippen LogP contribution in [0, 0.1) is 0 Å². The molecule has 0 aliphatic carbocycles. The SMILES string of the molecule is CCNC(c1sccc1Cl)c1snnc1C(C)C. The second-order valence-electron chi connectivity index (χ2n) is 4.30. The van der Waals surface area contributed by atoms with Gasteiger partial charge in [-0.3, -0.25) is 0 Å². The summed E-state index contributed by atoms with van der Waals surface area (Å²) in [7, 11) is 0. The van der Waals surface area contributed by atoms with Gasteiger partial charge in [-0.15, -0.1) is 16.4 Å². The Kier molecular flexibility index (Phi) is 4.72. The van der Waals surface area contributed by atoms with Gasteiger partial charge < -0.3 is 5.32 Å². The Morgan fingerprint density at radius 2 is 2.17 bits per heavy atom. The van der Waals surface area contributed by atoms with Crippen LogP contribution in [0.1, 0.15) is 48.2 Å². The molecule has 0 bridgehead atoms. The zero-order valence-corrected chi connectivity index (χ0v) is 13.0. The van der Waals surface area contributed by atoms with Gasteiger partial charge in [-0.2, -0.15) is 0 Å². The van der Waals surface area contributed by atoms with Crippen molar-refractivity contribution in [3.05, 3.63) is 31.9 Å². The average Bonchev–Trinajstić information content (AvgIpc) is 2.94. The highest BCUT2D eigenvalue weighted by molar-refractivity contribution is 7.11. The fourth-order valence-corrected chi connectivity index (χ4v) is 4.04. The second-order valence-corrected chi connectivity index (χ2v) is 6.44. The maximum Gasteiger partial charge on any atom is 0.0832 e. The quantitative estimate of drug-likeness (QED) is 0.904. The van der Waals surface area contributed by atoms with Gasteiger partial charge in [-0.1, -0.05) is 36.9 Å². The van der Waals surface area contributed by atoms with E-state index < -0.39 is 0 Å².